The topological polar surface area (TPSA) is 74.0 Å². The quantitative estimate of drug-likeness (QED) is 0.660. The maximum Gasteiger partial charge on any atom is 0.323 e. The molecule has 1 fully saturated rings. The first-order valence-electron chi connectivity index (χ1n) is 17.9. The zero-order chi connectivity index (χ0) is 36.9. The van der Waals surface area contributed by atoms with E-state index in [0.29, 0.717) is 4.90 Å². The molecular weight excluding hydrogens is 380 g/mol. The van der Waals surface area contributed by atoms with E-state index in [1.54, 1.807) is 0 Å². The summed E-state index contributed by atoms with van der Waals surface area (Å²) in [5.74, 6) is -11.3. The first kappa shape index (κ1) is 9.37. The Morgan fingerprint density at radius 2 is 2.10 bits per heavy atom. The molecule has 1 aromatic carbocycles. The second-order valence-electron chi connectivity index (χ2n) is 7.24. The molecule has 30 heavy (non-hydrogen) atoms. The summed E-state index contributed by atoms with van der Waals surface area (Å²) in [6.45, 7) is -8.85. The van der Waals surface area contributed by atoms with E-state index in [-0.39, 0.29) is 17.7 Å². The number of nitrogens with two attached hydrogens (primary N) is 1. The molecule has 6 heteroatoms. The summed E-state index contributed by atoms with van der Waals surface area (Å²) in [5.41, 5.74) is 4.82. The second-order valence-corrected chi connectivity index (χ2v) is 7.24. The Balaban J connectivity index is 2.49. The molecule has 2 aliphatic rings. The Kier molecular flexibility index (Phi) is 2.99. The molecule has 0 bridgehead atoms. The van der Waals surface area contributed by atoms with Crippen LogP contribution in [0.5, 0.6) is 11.5 Å². The first-order chi connectivity index (χ1) is 20.9. The van der Waals surface area contributed by atoms with Gasteiger partial charge in [-0.1, -0.05) is 27.6 Å². The van der Waals surface area contributed by atoms with E-state index in [1.807, 2.05) is 0 Å². The predicted octanol–water partition coefficient (Wildman–Crippen LogP) is 3.56. The van der Waals surface area contributed by atoms with Crippen molar-refractivity contribution in [3.8, 4) is 11.5 Å². The fraction of sp³-hybridized carbons (Fsp3) is 0.708. The van der Waals surface area contributed by atoms with Crippen molar-refractivity contribution in [2.75, 3.05) is 27.3 Å². The Hall–Kier alpha value is -1.79. The number of hydrogen-bond donors (Lipinski definition) is 1. The lowest BCUT2D eigenvalue weighted by Crippen LogP contribution is -2.51. The van der Waals surface area contributed by atoms with Crippen molar-refractivity contribution in [1.82, 2.24) is 4.90 Å². The van der Waals surface area contributed by atoms with E-state index in [9.17, 15) is 11.6 Å². The van der Waals surface area contributed by atoms with Crippen LogP contribution in [-0.4, -0.2) is 50.2 Å². The molecule has 6 nitrogen and oxygen atoms in total. The average molecular weight is 436 g/mol. The van der Waals surface area contributed by atoms with E-state index in [1.165, 1.54) is 21.0 Å². The van der Waals surface area contributed by atoms with Gasteiger partial charge in [0.15, 0.2) is 11.5 Å². The van der Waals surface area contributed by atoms with Crippen molar-refractivity contribution in [3.63, 3.8) is 0 Å². The van der Waals surface area contributed by atoms with E-state index in [4.69, 9.17) is 36.4 Å². The van der Waals surface area contributed by atoms with Gasteiger partial charge in [0, 0.05) is 47.8 Å². The van der Waals surface area contributed by atoms with E-state index in [0.717, 1.165) is 7.11 Å². The highest BCUT2D eigenvalue weighted by atomic mass is 16.5. The number of hydrogen-bond acceptors (Lipinski definition) is 6. The SMILES string of the molecule is [2H]c1c2c(c([2H])c(OC)c1OC)C1([2H])N(CC2)C([2H])([2H])C([2H])(CC(C)C)C([2H])(OC(=O)[C@@]([2H])(N)C([2H])(C([2H])([2H])[2H])C([2H])([2H])[2H])C1([2H])[2H]. The lowest BCUT2D eigenvalue weighted by molar-refractivity contribution is -0.160. The van der Waals surface area contributed by atoms with Crippen LogP contribution in [0.3, 0.4) is 0 Å². The molecule has 3 rings (SSSR count). The zero-order valence-corrected chi connectivity index (χ0v) is 17.4. The van der Waals surface area contributed by atoms with Crippen molar-refractivity contribution in [1.29, 1.82) is 0 Å². The van der Waals surface area contributed by atoms with Gasteiger partial charge in [-0.2, -0.15) is 0 Å². The van der Waals surface area contributed by atoms with Gasteiger partial charge in [0.25, 0.3) is 0 Å². The molecule has 1 aromatic rings. The van der Waals surface area contributed by atoms with Crippen LogP contribution in [0.25, 0.3) is 0 Å². The Morgan fingerprint density at radius 3 is 2.73 bits per heavy atom. The maximum absolute atomic E-state index is 13.7. The molecule has 1 saturated heterocycles. The summed E-state index contributed by atoms with van der Waals surface area (Å²) in [6.07, 6.45) is -8.78. The number of carbonyl (C=O) groups is 1. The fourth-order valence-corrected chi connectivity index (χ4v) is 3.17. The van der Waals surface area contributed by atoms with Gasteiger partial charge in [0.05, 0.1) is 21.1 Å². The van der Waals surface area contributed by atoms with E-state index < -0.39 is 105 Å². The van der Waals surface area contributed by atoms with Crippen LogP contribution in [-0.2, 0) is 16.0 Å². The summed E-state index contributed by atoms with van der Waals surface area (Å²) in [6, 6.07) is -8.57. The van der Waals surface area contributed by atoms with Crippen molar-refractivity contribution in [2.45, 2.75) is 64.9 Å². The summed E-state index contributed by atoms with van der Waals surface area (Å²) in [4.78, 5) is 14.3. The summed E-state index contributed by atoms with van der Waals surface area (Å²) in [5, 5.41) is 0. The number of rotatable bonds is 7. The van der Waals surface area contributed by atoms with E-state index in [2.05, 4.69) is 0 Å². The average Bonchev–Trinajstić information content (AvgIpc) is 2.90. The Morgan fingerprint density at radius 1 is 1.40 bits per heavy atom. The van der Waals surface area contributed by atoms with E-state index >= 15 is 0 Å². The van der Waals surface area contributed by atoms with Gasteiger partial charge in [-0.15, -0.1) is 0 Å². The predicted molar refractivity (Wildman–Crippen MR) is 118 cm³/mol. The highest BCUT2D eigenvalue weighted by Crippen LogP contribution is 2.44. The molecule has 2 N–H and O–H groups in total. The van der Waals surface area contributed by atoms with Crippen molar-refractivity contribution >= 4 is 5.97 Å². The third kappa shape index (κ3) is 4.75. The normalized spacial score (nSPS) is 46.1. The lowest BCUT2D eigenvalue weighted by Gasteiger charge is -2.47. The number of ether oxygens (including phenoxy) is 3. The minimum absolute atomic E-state index is 0.169. The first-order valence-corrected chi connectivity index (χ1v) is 9.41. The highest BCUT2D eigenvalue weighted by Gasteiger charge is 2.41. The molecule has 4 atom stereocenters. The van der Waals surface area contributed by atoms with Crippen LogP contribution in [0.1, 0.15) is 80.8 Å². The Labute approximate surface area is 204 Å². The molecule has 0 radical (unpaired) electrons. The summed E-state index contributed by atoms with van der Waals surface area (Å²) in [7, 11) is 2.27. The van der Waals surface area contributed by atoms with Gasteiger partial charge in [-0.3, -0.25) is 9.69 Å². The lowest BCUT2D eigenvalue weighted by atomic mass is 9.79. The van der Waals surface area contributed by atoms with Gasteiger partial charge in [0.2, 0.25) is 0 Å². The summed E-state index contributed by atoms with van der Waals surface area (Å²) >= 11 is 0. The van der Waals surface area contributed by atoms with Gasteiger partial charge in [0.1, 0.15) is 12.1 Å². The molecule has 0 spiro atoms. The molecule has 0 amide bonds. The smallest absolute Gasteiger partial charge is 0.323 e. The minimum Gasteiger partial charge on any atom is -0.493 e. The fourth-order valence-electron chi connectivity index (χ4n) is 3.17. The molecular formula is C24H38N2O4. The number of piperidine rings is 1. The van der Waals surface area contributed by atoms with Crippen molar-refractivity contribution in [3.05, 3.63) is 23.2 Å². The van der Waals surface area contributed by atoms with Crippen LogP contribution in [0, 0.1) is 17.7 Å². The molecule has 3 unspecified atom stereocenters. The number of methoxy groups -OCH3 is 2. The molecule has 168 valence electrons. The van der Waals surface area contributed by atoms with Crippen molar-refractivity contribution in [2.24, 2.45) is 23.4 Å². The van der Waals surface area contributed by atoms with Crippen LogP contribution < -0.4 is 15.2 Å². The van der Waals surface area contributed by atoms with Crippen LogP contribution >= 0.6 is 0 Å². The second kappa shape index (κ2) is 9.56. The third-order valence-corrected chi connectivity index (χ3v) is 4.58. The van der Waals surface area contributed by atoms with Gasteiger partial charge >= 0.3 is 5.97 Å². The van der Waals surface area contributed by atoms with Gasteiger partial charge in [-0.25, -0.2) is 0 Å². The molecule has 0 aromatic heterocycles. The molecule has 2 aliphatic heterocycles. The summed E-state index contributed by atoms with van der Waals surface area (Å²) < 4.78 is 161. The van der Waals surface area contributed by atoms with Crippen LogP contribution in [0.4, 0.5) is 0 Å². The molecule has 0 saturated carbocycles. The Bertz CT molecular complexity index is 1420. The largest absolute Gasteiger partial charge is 0.493 e. The number of benzene rings is 1. The molecule has 0 aliphatic carbocycles. The number of nitrogens with zero attached hydrogens (tertiary/aromatic N) is 1. The standard InChI is InChI=1S/C24H38N2O4/c1-14(2)9-17-13-26-8-7-16-10-21(28-5)22(29-6)11-18(16)19(26)12-20(17)30-24(27)23(25)15(3)4/h10-11,14-15,17,19-20,23H,7-9,12-13,25H2,1-6H3/t17?,19?,20?,23-/m0/s1/i3D3,4D3,10D,11D,12D2,13D2,15D,17D,19D,20D,23D. The number of carbonyl (C=O) groups excluding carboxylic acids is 1. The van der Waals surface area contributed by atoms with Gasteiger partial charge in [-0.05, 0) is 47.9 Å². The maximum atomic E-state index is 13.7. The zero-order valence-electron chi connectivity index (χ0n) is 34.4. The minimum atomic E-state index is -4.15. The monoisotopic (exact) mass is 435 g/mol. The number of fused-ring (bicyclic) bond motifs is 3. The van der Waals surface area contributed by atoms with Crippen LogP contribution in [0.15, 0.2) is 12.1 Å². The highest BCUT2D eigenvalue weighted by molar-refractivity contribution is 5.76. The van der Waals surface area contributed by atoms with Gasteiger partial charge < -0.3 is 19.9 Å². The van der Waals surface area contributed by atoms with Crippen LogP contribution in [0.2, 0.25) is 0 Å². The number of esters is 1. The van der Waals surface area contributed by atoms with Crippen molar-refractivity contribution < 1.29 is 42.3 Å². The third-order valence-electron chi connectivity index (χ3n) is 4.58. The molecule has 2 heterocycles.